The van der Waals surface area contributed by atoms with Crippen molar-refractivity contribution >= 4 is 23.9 Å². The van der Waals surface area contributed by atoms with E-state index in [9.17, 15) is 34.3 Å². The molecule has 0 saturated carbocycles. The summed E-state index contributed by atoms with van der Waals surface area (Å²) in [4.78, 5) is 56.9. The number of hydrogen-bond acceptors (Lipinski definition) is 24. The van der Waals surface area contributed by atoms with E-state index < -0.39 is 233 Å². The van der Waals surface area contributed by atoms with E-state index in [0.717, 1.165) is 23.1 Å². The van der Waals surface area contributed by atoms with E-state index >= 15 is 0 Å². The molecule has 8 aliphatic rings. The van der Waals surface area contributed by atoms with Gasteiger partial charge >= 0.3 is 23.9 Å². The molecule has 16 atom stereocenters. The van der Waals surface area contributed by atoms with Crippen molar-refractivity contribution in [3.63, 3.8) is 0 Å². The van der Waals surface area contributed by atoms with Crippen LogP contribution >= 0.6 is 0 Å². The average molecular weight is 1700 g/mol. The van der Waals surface area contributed by atoms with Gasteiger partial charge in [-0.1, -0.05) is 111 Å². The summed E-state index contributed by atoms with van der Waals surface area (Å²) >= 11 is 0. The molecule has 4 aromatic carbocycles. The number of carbonyl (C=O) groups excluding carboxylic acids is 4. The van der Waals surface area contributed by atoms with Gasteiger partial charge in [-0.2, -0.15) is 0 Å². The summed E-state index contributed by atoms with van der Waals surface area (Å²) in [5.74, 6) is -11.9. The van der Waals surface area contributed by atoms with Crippen molar-refractivity contribution in [1.82, 2.24) is 19.6 Å². The van der Waals surface area contributed by atoms with Crippen LogP contribution in [0.1, 0.15) is 270 Å². The minimum Gasteiger partial charge on any atom is -0.493 e. The quantitative estimate of drug-likeness (QED) is 0.0303. The standard InChI is InChI=1S/4C24H38N2O4/c4*1-14(2)9-17-13-26-8-7-16-10-21(28-5)22(29-6)11-18(16)19(26)12-20(17)30-24(27)23(25)15(3)4/h4*10-11,14-15,17,19-20,23H,7-9,12-13,25H2,1-6H3/t4*17?,19?,20?,23-/m0000/s1/i5D3,7D2,8D2,10D,11D,19D,20D;5D3,12D2,13D2,17D;2*12D2,13D2,17D. The van der Waals surface area contributed by atoms with E-state index in [2.05, 4.69) is 0 Å². The first-order chi connectivity index (χ1) is 68.0. The van der Waals surface area contributed by atoms with Gasteiger partial charge in [-0.05, 0) is 192 Å². The van der Waals surface area contributed by atoms with Crippen LogP contribution in [-0.4, -0.2) is 201 Å². The summed E-state index contributed by atoms with van der Waals surface area (Å²) in [6.07, 6.45) is -16.8. The minimum atomic E-state index is -3.12. The van der Waals surface area contributed by atoms with Crippen molar-refractivity contribution in [2.75, 3.05) is 109 Å². The molecule has 0 aromatic heterocycles. The Morgan fingerprint density at radius 2 is 0.717 bits per heavy atom. The molecule has 8 heterocycles. The highest BCUT2D eigenvalue weighted by Gasteiger charge is 2.47. The summed E-state index contributed by atoms with van der Waals surface area (Å²) in [6, 6.07) is -1.89. The smallest absolute Gasteiger partial charge is 0.323 e. The van der Waals surface area contributed by atoms with Gasteiger partial charge in [0.1, 0.15) is 48.6 Å². The Bertz CT molecular complexity index is 5300. The Labute approximate surface area is 759 Å². The maximum atomic E-state index is 13.0. The highest BCUT2D eigenvalue weighted by Crippen LogP contribution is 2.50. The van der Waals surface area contributed by atoms with E-state index in [0.29, 0.717) is 58.1 Å². The second-order valence-corrected chi connectivity index (χ2v) is 34.5. The average Bonchev–Trinajstić information content (AvgIpc) is 0.670. The van der Waals surface area contributed by atoms with Gasteiger partial charge in [0.15, 0.2) is 46.0 Å². The Morgan fingerprint density at radius 3 is 1.03 bits per heavy atom. The molecule has 672 valence electrons. The molecule has 0 spiro atoms. The number of nitrogens with two attached hydrogens (primary N) is 4. The van der Waals surface area contributed by atoms with Gasteiger partial charge in [0.05, 0.1) is 70.4 Å². The van der Waals surface area contributed by atoms with E-state index in [4.69, 9.17) is 104 Å². The summed E-state index contributed by atoms with van der Waals surface area (Å²) in [7, 11) is 2.54. The molecule has 4 saturated heterocycles. The molecule has 120 heavy (non-hydrogen) atoms. The molecule has 0 bridgehead atoms. The zero-order chi connectivity index (χ0) is 114. The van der Waals surface area contributed by atoms with Crippen molar-refractivity contribution in [2.24, 2.45) is 93.9 Å². The molecule has 24 heteroatoms. The normalized spacial score (nSPS) is 35.1. The number of hydrogen-bond donors (Lipinski definition) is 4. The van der Waals surface area contributed by atoms with Crippen molar-refractivity contribution in [3.8, 4) is 46.0 Å². The van der Waals surface area contributed by atoms with Crippen molar-refractivity contribution < 1.29 is 116 Å². The summed E-state index contributed by atoms with van der Waals surface area (Å²) in [5.41, 5.74) is 26.3. The summed E-state index contributed by atoms with van der Waals surface area (Å²) in [5, 5.41) is 0. The number of piperidine rings is 4. The Kier molecular flexibility index (Phi) is 23.0. The molecular weight excluding hydrogens is 1520 g/mol. The highest BCUT2D eigenvalue weighted by molar-refractivity contribution is 5.77. The first-order valence-corrected chi connectivity index (χ1v) is 41.7. The molecule has 4 aromatic rings. The lowest BCUT2D eigenvalue weighted by Crippen LogP contribution is -2.51. The number of rotatable bonds is 28. The third-order valence-electron chi connectivity index (χ3n) is 22.2. The number of ether oxygens (including phenoxy) is 12. The molecule has 4 fully saturated rings. The van der Waals surface area contributed by atoms with Crippen LogP contribution < -0.4 is 60.8 Å². The van der Waals surface area contributed by atoms with E-state index in [1.165, 1.54) is 62.4 Å². The van der Waals surface area contributed by atoms with Crippen molar-refractivity contribution in [3.05, 3.63) is 93.0 Å². The number of nitrogens with zero attached hydrogens (tertiary/aromatic N) is 4. The largest absolute Gasteiger partial charge is 0.493 e. The molecular formula is C96H152N8O16. The lowest BCUT2D eigenvalue weighted by molar-refractivity contribution is -0.161. The first kappa shape index (κ1) is 62.9. The molecule has 0 amide bonds. The topological polar surface area (TPSA) is 296 Å². The van der Waals surface area contributed by atoms with Crippen LogP contribution in [0.5, 0.6) is 46.0 Å². The van der Waals surface area contributed by atoms with Crippen LogP contribution in [0, 0.1) is 70.9 Å². The summed E-state index contributed by atoms with van der Waals surface area (Å²) < 4.78 is 320. The van der Waals surface area contributed by atoms with Gasteiger partial charge in [-0.25, -0.2) is 0 Å². The summed E-state index contributed by atoms with van der Waals surface area (Å²) in [6.45, 7) is 18.6. The van der Waals surface area contributed by atoms with E-state index in [1.54, 1.807) is 93.5 Å². The van der Waals surface area contributed by atoms with Crippen molar-refractivity contribution in [2.45, 2.75) is 260 Å². The van der Waals surface area contributed by atoms with Crippen LogP contribution in [0.3, 0.4) is 0 Å². The Morgan fingerprint density at radius 1 is 0.408 bits per heavy atom. The fourth-order valence-corrected chi connectivity index (χ4v) is 15.3. The Balaban J connectivity index is 0.000000221. The van der Waals surface area contributed by atoms with Crippen LogP contribution in [0.4, 0.5) is 0 Å². The third-order valence-corrected chi connectivity index (χ3v) is 22.2. The first-order valence-electron chi connectivity index (χ1n) is 56.2. The predicted octanol–water partition coefficient (Wildman–Crippen LogP) is 14.3. The second kappa shape index (κ2) is 43.9. The molecule has 24 nitrogen and oxygen atoms in total. The highest BCUT2D eigenvalue weighted by atomic mass is 16.6. The van der Waals surface area contributed by atoms with E-state index in [-0.39, 0.29) is 111 Å². The van der Waals surface area contributed by atoms with E-state index in [1.807, 2.05) is 41.5 Å². The van der Waals surface area contributed by atoms with Gasteiger partial charge in [0, 0.05) is 151 Å². The van der Waals surface area contributed by atoms with Crippen LogP contribution in [-0.2, 0) is 63.8 Å². The Hall–Kier alpha value is -7.16. The third kappa shape index (κ3) is 23.8. The number of fused-ring (bicyclic) bond motifs is 12. The zero-order valence-corrected chi connectivity index (χ0v) is 74.0. The maximum absolute atomic E-state index is 13.0. The number of carbonyl (C=O) groups is 4. The monoisotopic (exact) mass is 1700 g/mol. The number of esters is 4. The molecule has 8 N–H and O–H groups in total. The lowest BCUT2D eigenvalue weighted by atomic mass is 9.79. The predicted molar refractivity (Wildman–Crippen MR) is 471 cm³/mol. The number of benzene rings is 4. The van der Waals surface area contributed by atoms with Gasteiger partial charge < -0.3 is 79.8 Å². The number of methoxy groups -OCH3 is 8. The van der Waals surface area contributed by atoms with Gasteiger partial charge in [-0.15, -0.1) is 0 Å². The molecule has 12 unspecified atom stereocenters. The maximum Gasteiger partial charge on any atom is 0.323 e. The van der Waals surface area contributed by atoms with Gasteiger partial charge in [0.25, 0.3) is 0 Å². The molecule has 0 radical (unpaired) electrons. The van der Waals surface area contributed by atoms with Crippen LogP contribution in [0.15, 0.2) is 48.5 Å². The van der Waals surface area contributed by atoms with Gasteiger partial charge in [-0.3, -0.25) is 38.8 Å². The SMILES string of the molecule is [2H]C([2H])([2H])Oc1cc2c(cc1OC)C1N(CC2)C([2H])([2H])C([2H])(CC(C)C)C(OC(=O)[C@@H](N)C(C)C)C1([2H])[2H].[2H]C1([2H])C2c3cc(OC)c(OC)cc3CCN2C([2H])([2H])C([2H])(CC(C)C)C1OC(=O)[C@@H](N)C(C)C.[2H]C1([2H])C2c3cc(OC)c(OC)cc3CCN2C([2H])([2H])C([2H])(CC(C)C)C1OC(=O)[C@@H](N)C(C)C.[2H]c1c(OC)c(OC([2H])([2H])[2H])c([2H])c2c1C1([2H])CC([2H])(OC(=O)[C@@H](N)C(C)C)C(CC(C)C)CN1C([2H])([2H])C2([2H])[2H]. The lowest BCUT2D eigenvalue weighted by Gasteiger charge is -2.47. The molecule has 8 aliphatic heterocycles. The van der Waals surface area contributed by atoms with Gasteiger partial charge in [0.2, 0.25) is 0 Å². The van der Waals surface area contributed by atoms with Crippen molar-refractivity contribution in [1.29, 1.82) is 0 Å². The van der Waals surface area contributed by atoms with Crippen LogP contribution in [0.25, 0.3) is 0 Å². The fourth-order valence-electron chi connectivity index (χ4n) is 15.3. The van der Waals surface area contributed by atoms with Crippen LogP contribution in [0.2, 0.25) is 0 Å². The second-order valence-electron chi connectivity index (χ2n) is 34.5. The fraction of sp³-hybridized carbons (Fsp3) is 0.708. The zero-order valence-electron chi connectivity index (χ0n) is 103. The minimum absolute atomic E-state index is 0.00359. The molecule has 0 aliphatic carbocycles. The molecule has 12 rings (SSSR count).